The molecule has 3 aromatic carbocycles. The number of para-hydroxylation sites is 1. The number of hydrogen-bond donors (Lipinski definition) is 2. The van der Waals surface area contributed by atoms with Gasteiger partial charge in [0.15, 0.2) is 0 Å². The van der Waals surface area contributed by atoms with Gasteiger partial charge in [0, 0.05) is 24.3 Å². The van der Waals surface area contributed by atoms with Crippen LogP contribution in [0.3, 0.4) is 0 Å². The summed E-state index contributed by atoms with van der Waals surface area (Å²) in [5.74, 6) is 0.987. The van der Waals surface area contributed by atoms with E-state index >= 15 is 0 Å². The number of carbonyl (C=O) groups excluding carboxylic acids is 1. The number of amides is 1. The lowest BCUT2D eigenvalue weighted by atomic mass is 10.1. The molecule has 0 saturated heterocycles. The predicted molar refractivity (Wildman–Crippen MR) is 128 cm³/mol. The third-order valence-electron chi connectivity index (χ3n) is 4.81. The highest BCUT2D eigenvalue weighted by atomic mass is 16.5. The van der Waals surface area contributed by atoms with Gasteiger partial charge in [-0.05, 0) is 64.4 Å². The van der Waals surface area contributed by atoms with Gasteiger partial charge in [-0.15, -0.1) is 0 Å². The first kappa shape index (κ1) is 22.0. The topological polar surface area (TPSA) is 94.0 Å². The molecular weight excluding hydrogens is 416 g/mol. The van der Waals surface area contributed by atoms with Crippen molar-refractivity contribution in [2.75, 3.05) is 10.6 Å². The number of rotatable bonds is 9. The molecule has 8 heteroatoms. The van der Waals surface area contributed by atoms with Crippen molar-refractivity contribution in [3.05, 3.63) is 84.4 Å². The molecule has 0 bridgehead atoms. The van der Waals surface area contributed by atoms with Gasteiger partial charge in [0.2, 0.25) is 5.91 Å². The first-order valence-corrected chi connectivity index (χ1v) is 10.8. The number of hydrogen-bond acceptors (Lipinski definition) is 6. The van der Waals surface area contributed by atoms with Crippen LogP contribution in [0.1, 0.15) is 25.8 Å². The molecule has 0 radical (unpaired) electrons. The third-order valence-corrected chi connectivity index (χ3v) is 4.81. The van der Waals surface area contributed by atoms with E-state index in [4.69, 9.17) is 4.74 Å². The summed E-state index contributed by atoms with van der Waals surface area (Å²) in [6.45, 7) is 4.68. The molecule has 0 unspecified atom stereocenters. The monoisotopic (exact) mass is 442 g/mol. The molecule has 33 heavy (non-hydrogen) atoms. The van der Waals surface area contributed by atoms with Crippen molar-refractivity contribution in [3.63, 3.8) is 0 Å². The van der Waals surface area contributed by atoms with Gasteiger partial charge in [0.05, 0.1) is 5.69 Å². The Hall–Kier alpha value is -4.20. The van der Waals surface area contributed by atoms with Crippen LogP contribution in [0.15, 0.2) is 78.9 Å². The van der Waals surface area contributed by atoms with Crippen LogP contribution in [0.4, 0.5) is 11.4 Å². The zero-order chi connectivity index (χ0) is 23.0. The molecule has 4 aromatic rings. The van der Waals surface area contributed by atoms with E-state index < -0.39 is 0 Å². The van der Waals surface area contributed by atoms with Gasteiger partial charge >= 0.3 is 6.01 Å². The molecule has 2 N–H and O–H groups in total. The molecule has 168 valence electrons. The smallest absolute Gasteiger partial charge is 0.345 e. The van der Waals surface area contributed by atoms with Crippen LogP contribution in [0.2, 0.25) is 0 Å². The molecule has 0 fully saturated rings. The average Bonchev–Trinajstić information content (AvgIpc) is 3.27. The minimum atomic E-state index is 0.0241. The number of anilines is 2. The van der Waals surface area contributed by atoms with E-state index in [1.54, 1.807) is 4.68 Å². The molecule has 0 aliphatic heterocycles. The van der Waals surface area contributed by atoms with Crippen LogP contribution in [0.25, 0.3) is 5.69 Å². The lowest BCUT2D eigenvalue weighted by Crippen LogP contribution is -2.13. The van der Waals surface area contributed by atoms with Gasteiger partial charge in [-0.3, -0.25) is 4.79 Å². The Morgan fingerprint density at radius 1 is 0.970 bits per heavy atom. The molecule has 1 heterocycles. The van der Waals surface area contributed by atoms with Crippen molar-refractivity contribution in [1.82, 2.24) is 20.2 Å². The number of ether oxygens (including phenoxy) is 1. The van der Waals surface area contributed by atoms with E-state index in [1.807, 2.05) is 92.7 Å². The van der Waals surface area contributed by atoms with Crippen LogP contribution in [0.5, 0.6) is 11.8 Å². The second-order valence-corrected chi connectivity index (χ2v) is 8.04. The maximum Gasteiger partial charge on any atom is 0.345 e. The zero-order valence-corrected chi connectivity index (χ0v) is 18.6. The second-order valence-electron chi connectivity index (χ2n) is 8.04. The van der Waals surface area contributed by atoms with Crippen LogP contribution in [-0.2, 0) is 11.3 Å². The molecule has 0 atom stereocenters. The van der Waals surface area contributed by atoms with Crippen LogP contribution >= 0.6 is 0 Å². The molecule has 0 spiro atoms. The van der Waals surface area contributed by atoms with E-state index in [-0.39, 0.29) is 5.91 Å². The molecule has 4 rings (SSSR count). The Bertz CT molecular complexity index is 1190. The van der Waals surface area contributed by atoms with Crippen LogP contribution in [0, 0.1) is 5.92 Å². The fourth-order valence-corrected chi connectivity index (χ4v) is 3.25. The van der Waals surface area contributed by atoms with Crippen molar-refractivity contribution in [1.29, 1.82) is 0 Å². The minimum absolute atomic E-state index is 0.0241. The SMILES string of the molecule is CC(C)CC(=O)Nc1cccc(NCc2ccc(Oc3nnnn3-c3ccccc3)cc2)c1. The molecule has 0 aliphatic rings. The van der Waals surface area contributed by atoms with Gasteiger partial charge in [0.1, 0.15) is 5.75 Å². The minimum Gasteiger partial charge on any atom is -0.423 e. The Balaban J connectivity index is 1.34. The van der Waals surface area contributed by atoms with E-state index in [0.717, 1.165) is 22.6 Å². The summed E-state index contributed by atoms with van der Waals surface area (Å²) < 4.78 is 7.41. The molecular formula is C25H26N6O2. The summed E-state index contributed by atoms with van der Waals surface area (Å²) in [5, 5.41) is 18.0. The third kappa shape index (κ3) is 6.16. The Labute approximate surface area is 192 Å². The average molecular weight is 443 g/mol. The molecule has 0 aliphatic carbocycles. The standard InChI is InChI=1S/C25H26N6O2/c1-18(2)15-24(32)27-21-8-6-7-20(16-21)26-17-19-11-13-23(14-12-19)33-25-28-29-30-31(25)22-9-4-3-5-10-22/h3-14,16,18,26H,15,17H2,1-2H3,(H,27,32). The van der Waals surface area contributed by atoms with E-state index in [1.165, 1.54) is 0 Å². The van der Waals surface area contributed by atoms with Gasteiger partial charge in [-0.1, -0.05) is 55.3 Å². The van der Waals surface area contributed by atoms with Crippen molar-refractivity contribution in [2.45, 2.75) is 26.8 Å². The first-order chi connectivity index (χ1) is 16.1. The highest BCUT2D eigenvalue weighted by Gasteiger charge is 2.10. The molecule has 1 aromatic heterocycles. The normalized spacial score (nSPS) is 10.8. The van der Waals surface area contributed by atoms with Crippen molar-refractivity contribution >= 4 is 17.3 Å². The Morgan fingerprint density at radius 2 is 1.73 bits per heavy atom. The van der Waals surface area contributed by atoms with Gasteiger partial charge < -0.3 is 15.4 Å². The lowest BCUT2D eigenvalue weighted by molar-refractivity contribution is -0.116. The summed E-state index contributed by atoms with van der Waals surface area (Å²) in [5.41, 5.74) is 3.62. The maximum absolute atomic E-state index is 12.0. The number of aromatic nitrogens is 4. The summed E-state index contributed by atoms with van der Waals surface area (Å²) in [4.78, 5) is 12.0. The molecule has 0 saturated carbocycles. The van der Waals surface area contributed by atoms with Crippen molar-refractivity contribution in [3.8, 4) is 17.4 Å². The van der Waals surface area contributed by atoms with Gasteiger partial charge in [-0.25, -0.2) is 0 Å². The molecule has 1 amide bonds. The maximum atomic E-state index is 12.0. The summed E-state index contributed by atoms with van der Waals surface area (Å²) in [6.07, 6.45) is 0.504. The number of tetrazole rings is 1. The number of benzene rings is 3. The summed E-state index contributed by atoms with van der Waals surface area (Å²) in [6, 6.07) is 25.3. The predicted octanol–water partition coefficient (Wildman–Crippen LogP) is 5.05. The van der Waals surface area contributed by atoms with Gasteiger partial charge in [0.25, 0.3) is 0 Å². The van der Waals surface area contributed by atoms with Gasteiger partial charge in [-0.2, -0.15) is 4.68 Å². The number of nitrogens with one attached hydrogen (secondary N) is 2. The number of carbonyl (C=O) groups is 1. The highest BCUT2D eigenvalue weighted by Crippen LogP contribution is 2.22. The van der Waals surface area contributed by atoms with Crippen LogP contribution in [-0.4, -0.2) is 26.1 Å². The Morgan fingerprint density at radius 3 is 2.48 bits per heavy atom. The summed E-state index contributed by atoms with van der Waals surface area (Å²) >= 11 is 0. The van der Waals surface area contributed by atoms with Crippen LogP contribution < -0.4 is 15.4 Å². The van der Waals surface area contributed by atoms with Crippen molar-refractivity contribution in [2.24, 2.45) is 5.92 Å². The lowest BCUT2D eigenvalue weighted by Gasteiger charge is -2.11. The Kier molecular flexibility index (Phi) is 6.94. The zero-order valence-electron chi connectivity index (χ0n) is 18.6. The highest BCUT2D eigenvalue weighted by molar-refractivity contribution is 5.91. The first-order valence-electron chi connectivity index (χ1n) is 10.8. The number of nitrogens with zero attached hydrogens (tertiary/aromatic N) is 4. The quantitative estimate of drug-likeness (QED) is 0.377. The second kappa shape index (κ2) is 10.4. The largest absolute Gasteiger partial charge is 0.423 e. The van der Waals surface area contributed by atoms with E-state index in [0.29, 0.717) is 30.6 Å². The fraction of sp³-hybridized carbons (Fsp3) is 0.200. The molecule has 8 nitrogen and oxygen atoms in total. The fourth-order valence-electron chi connectivity index (χ4n) is 3.25. The summed E-state index contributed by atoms with van der Waals surface area (Å²) in [7, 11) is 0. The van der Waals surface area contributed by atoms with E-state index in [2.05, 4.69) is 26.2 Å². The van der Waals surface area contributed by atoms with E-state index in [9.17, 15) is 4.79 Å². The van der Waals surface area contributed by atoms with Crippen molar-refractivity contribution < 1.29 is 9.53 Å².